The Bertz CT molecular complexity index is 1280. The molecule has 0 radical (unpaired) electrons. The number of nitrogen functional groups attached to an aromatic ring is 1. The summed E-state index contributed by atoms with van der Waals surface area (Å²) in [4.78, 5) is 25.7. The number of amides is 1. The van der Waals surface area contributed by atoms with E-state index in [1.807, 2.05) is 10.7 Å². The lowest BCUT2D eigenvalue weighted by Gasteiger charge is -2.35. The van der Waals surface area contributed by atoms with Gasteiger partial charge in [0.1, 0.15) is 17.8 Å². The minimum atomic E-state index is -0.567. The number of nitrogens with one attached hydrogen (secondary N) is 1. The molecule has 2 aliphatic rings. The van der Waals surface area contributed by atoms with Crippen LogP contribution in [-0.4, -0.2) is 88.3 Å². The number of benzene rings is 1. The number of anilines is 2. The smallest absolute Gasteiger partial charge is 0.411 e. The molecule has 37 heavy (non-hydrogen) atoms. The van der Waals surface area contributed by atoms with E-state index in [9.17, 15) is 4.79 Å². The molecule has 0 spiro atoms. The first-order valence-corrected chi connectivity index (χ1v) is 12.6. The molecule has 5 rings (SSSR count). The van der Waals surface area contributed by atoms with Gasteiger partial charge in [0.25, 0.3) is 0 Å². The van der Waals surface area contributed by atoms with Crippen LogP contribution in [0.1, 0.15) is 26.7 Å². The number of piperidine rings is 1. The van der Waals surface area contributed by atoms with Gasteiger partial charge in [-0.1, -0.05) is 0 Å². The summed E-state index contributed by atoms with van der Waals surface area (Å²) in [5.41, 5.74) is 8.73. The summed E-state index contributed by atoms with van der Waals surface area (Å²) < 4.78 is 18.6. The Labute approximate surface area is 215 Å². The minimum Gasteiger partial charge on any atom is -0.453 e. The molecule has 0 bridgehead atoms. The van der Waals surface area contributed by atoms with Gasteiger partial charge in [0.15, 0.2) is 17.1 Å². The van der Waals surface area contributed by atoms with E-state index in [1.165, 1.54) is 6.33 Å². The Kier molecular flexibility index (Phi) is 7.02. The van der Waals surface area contributed by atoms with Crippen LogP contribution in [0.4, 0.5) is 16.3 Å². The normalized spacial score (nSPS) is 16.2. The third-order valence-corrected chi connectivity index (χ3v) is 6.83. The molecule has 0 atom stereocenters. The number of carbonyl (C=O) groups is 1. The predicted octanol–water partition coefficient (Wildman–Crippen LogP) is 2.79. The highest BCUT2D eigenvalue weighted by Gasteiger charge is 2.28. The van der Waals surface area contributed by atoms with Gasteiger partial charge in [0.2, 0.25) is 6.79 Å². The van der Waals surface area contributed by atoms with Crippen molar-refractivity contribution in [2.24, 2.45) is 0 Å². The third-order valence-electron chi connectivity index (χ3n) is 6.83. The van der Waals surface area contributed by atoms with Gasteiger partial charge in [0, 0.05) is 18.2 Å². The summed E-state index contributed by atoms with van der Waals surface area (Å²) in [6.45, 7) is 7.22. The van der Waals surface area contributed by atoms with Crippen LogP contribution in [0, 0.1) is 0 Å². The van der Waals surface area contributed by atoms with Gasteiger partial charge in [-0.15, -0.1) is 0 Å². The van der Waals surface area contributed by atoms with Gasteiger partial charge in [0.05, 0.1) is 23.7 Å². The van der Waals surface area contributed by atoms with Crippen LogP contribution in [-0.2, 0) is 11.3 Å². The van der Waals surface area contributed by atoms with Gasteiger partial charge in [-0.05, 0) is 66.0 Å². The van der Waals surface area contributed by atoms with Crippen molar-refractivity contribution in [2.75, 3.05) is 51.6 Å². The Balaban J connectivity index is 1.43. The number of hydrogen-bond donors (Lipinski definition) is 2. The van der Waals surface area contributed by atoms with Crippen molar-refractivity contribution in [3.05, 3.63) is 18.5 Å². The van der Waals surface area contributed by atoms with Crippen molar-refractivity contribution in [1.29, 1.82) is 0 Å². The summed E-state index contributed by atoms with van der Waals surface area (Å²) in [5, 5.41) is 8.29. The zero-order valence-corrected chi connectivity index (χ0v) is 21.7. The maximum Gasteiger partial charge on any atom is 0.411 e. The van der Waals surface area contributed by atoms with E-state index in [0.29, 0.717) is 57.9 Å². The summed E-state index contributed by atoms with van der Waals surface area (Å²) in [5.74, 6) is 1.23. The fourth-order valence-electron chi connectivity index (χ4n) is 4.91. The second kappa shape index (κ2) is 10.4. The molecule has 2 aliphatic heterocycles. The largest absolute Gasteiger partial charge is 0.453 e. The molecule has 198 valence electrons. The van der Waals surface area contributed by atoms with Crippen LogP contribution in [0.25, 0.3) is 22.3 Å². The van der Waals surface area contributed by atoms with E-state index in [4.69, 9.17) is 25.0 Å². The van der Waals surface area contributed by atoms with Crippen LogP contribution in [0.15, 0.2) is 18.5 Å². The Morgan fingerprint density at radius 1 is 1.19 bits per heavy atom. The van der Waals surface area contributed by atoms with Gasteiger partial charge in [-0.3, -0.25) is 5.32 Å². The van der Waals surface area contributed by atoms with E-state index in [1.54, 1.807) is 19.9 Å². The Hall–Kier alpha value is -3.64. The molecule has 2 aromatic heterocycles. The predicted molar refractivity (Wildman–Crippen MR) is 140 cm³/mol. The van der Waals surface area contributed by atoms with E-state index in [-0.39, 0.29) is 12.9 Å². The highest BCUT2D eigenvalue weighted by molar-refractivity contribution is 6.01. The highest BCUT2D eigenvalue weighted by atomic mass is 16.7. The molecule has 1 aromatic carbocycles. The quantitative estimate of drug-likeness (QED) is 0.489. The summed E-state index contributed by atoms with van der Waals surface area (Å²) in [7, 11) is 4.29. The maximum atomic E-state index is 12.2. The van der Waals surface area contributed by atoms with Gasteiger partial charge < -0.3 is 29.7 Å². The molecule has 3 aromatic rings. The molecule has 4 heterocycles. The number of ether oxygens (including phenoxy) is 3. The molecule has 1 amide bonds. The summed E-state index contributed by atoms with van der Waals surface area (Å²) in [6, 6.07) is 4.20. The van der Waals surface area contributed by atoms with E-state index in [0.717, 1.165) is 32.5 Å². The van der Waals surface area contributed by atoms with Crippen molar-refractivity contribution in [1.82, 2.24) is 29.5 Å². The van der Waals surface area contributed by atoms with Crippen molar-refractivity contribution in [3.8, 4) is 22.8 Å². The van der Waals surface area contributed by atoms with Gasteiger partial charge in [-0.2, -0.15) is 5.10 Å². The lowest BCUT2D eigenvalue weighted by Crippen LogP contribution is -2.42. The fraction of sp³-hybridized carbons (Fsp3) is 0.520. The average molecular weight is 511 g/mol. The van der Waals surface area contributed by atoms with E-state index in [2.05, 4.69) is 39.2 Å². The molecule has 0 aliphatic carbocycles. The number of nitrogens with zero attached hydrogens (tertiary/aromatic N) is 6. The SMILES string of the molecule is CC(C)OC(=O)Nc1ccc(-c2nn(CCN3CCC(N(C)C)CC3)c3ncnc(N)c23)c2c1OCO2. The number of aromatic nitrogens is 4. The van der Waals surface area contributed by atoms with Crippen LogP contribution in [0.3, 0.4) is 0 Å². The molecular weight excluding hydrogens is 476 g/mol. The molecule has 1 fully saturated rings. The monoisotopic (exact) mass is 510 g/mol. The average Bonchev–Trinajstić information content (AvgIpc) is 3.49. The Morgan fingerprint density at radius 3 is 2.68 bits per heavy atom. The number of hydrogen-bond acceptors (Lipinski definition) is 10. The van der Waals surface area contributed by atoms with Crippen LogP contribution in [0.2, 0.25) is 0 Å². The lowest BCUT2D eigenvalue weighted by molar-refractivity contribution is 0.129. The van der Waals surface area contributed by atoms with Crippen LogP contribution < -0.4 is 20.5 Å². The second-order valence-corrected chi connectivity index (χ2v) is 9.87. The Morgan fingerprint density at radius 2 is 1.95 bits per heavy atom. The first kappa shape index (κ1) is 25.0. The highest BCUT2D eigenvalue weighted by Crippen LogP contribution is 2.47. The number of rotatable bonds is 7. The molecule has 1 saturated heterocycles. The van der Waals surface area contributed by atoms with Gasteiger partial charge >= 0.3 is 6.09 Å². The molecule has 12 heteroatoms. The number of nitrogens with two attached hydrogens (primary N) is 1. The minimum absolute atomic E-state index is 0.0216. The van der Waals surface area contributed by atoms with Crippen molar-refractivity contribution in [3.63, 3.8) is 0 Å². The van der Waals surface area contributed by atoms with Crippen LogP contribution in [0.5, 0.6) is 11.5 Å². The topological polar surface area (TPSA) is 133 Å². The third kappa shape index (κ3) is 5.12. The summed E-state index contributed by atoms with van der Waals surface area (Å²) >= 11 is 0. The number of likely N-dealkylation sites (tertiary alicyclic amines) is 1. The van der Waals surface area contributed by atoms with Crippen molar-refractivity contribution < 1.29 is 19.0 Å². The standard InChI is InChI=1S/C25H34N8O4/c1-15(2)37-25(34)29-18-6-5-17(21-22(18)36-14-35-21)20-19-23(26)27-13-28-24(19)33(30-20)12-11-32-9-7-16(8-10-32)31(3)4/h5-6,13,15-16H,7-12,14H2,1-4H3,(H,29,34)(H2,26,27,28). The second-order valence-electron chi connectivity index (χ2n) is 9.87. The van der Waals surface area contributed by atoms with E-state index < -0.39 is 6.09 Å². The fourth-order valence-corrected chi connectivity index (χ4v) is 4.91. The maximum absolute atomic E-state index is 12.2. The molecule has 12 nitrogen and oxygen atoms in total. The summed E-state index contributed by atoms with van der Waals surface area (Å²) in [6.07, 6.45) is 2.95. The van der Waals surface area contributed by atoms with Crippen molar-refractivity contribution in [2.45, 2.75) is 45.4 Å². The van der Waals surface area contributed by atoms with Crippen molar-refractivity contribution >= 4 is 28.6 Å². The van der Waals surface area contributed by atoms with Gasteiger partial charge in [-0.25, -0.2) is 19.4 Å². The number of fused-ring (bicyclic) bond motifs is 2. The van der Waals surface area contributed by atoms with E-state index >= 15 is 0 Å². The molecule has 0 saturated carbocycles. The first-order valence-electron chi connectivity index (χ1n) is 12.6. The zero-order chi connectivity index (χ0) is 26.1. The van der Waals surface area contributed by atoms with Crippen LogP contribution >= 0.6 is 0 Å². The molecule has 0 unspecified atom stereocenters. The number of carbonyl (C=O) groups excluding carboxylic acids is 1. The molecule has 3 N–H and O–H groups in total. The zero-order valence-electron chi connectivity index (χ0n) is 21.7. The lowest BCUT2D eigenvalue weighted by atomic mass is 10.0. The first-order chi connectivity index (χ1) is 17.8. The molecular formula is C25H34N8O4.